The number of allylic oxidation sites excluding steroid dienone is 1. The van der Waals surface area contributed by atoms with Gasteiger partial charge in [-0.15, -0.1) is 0 Å². The van der Waals surface area contributed by atoms with Crippen molar-refractivity contribution < 1.29 is 13.2 Å². The molecule has 0 N–H and O–H groups in total. The highest BCUT2D eigenvalue weighted by Crippen LogP contribution is 2.29. The van der Waals surface area contributed by atoms with Crippen LogP contribution in [-0.4, -0.2) is 4.57 Å². The molecule has 2 nitrogen and oxygen atoms in total. The summed E-state index contributed by atoms with van der Waals surface area (Å²) in [5.74, 6) is 0. The number of nitrogens with zero attached hydrogens (tertiary/aromatic N) is 1. The Morgan fingerprint density at radius 2 is 1.70 bits per heavy atom. The van der Waals surface area contributed by atoms with Crippen LogP contribution in [0.4, 0.5) is 13.2 Å². The highest BCUT2D eigenvalue weighted by molar-refractivity contribution is 5.48. The van der Waals surface area contributed by atoms with E-state index in [9.17, 15) is 18.0 Å². The van der Waals surface area contributed by atoms with E-state index in [-0.39, 0.29) is 5.56 Å². The molecule has 1 heterocycles. The largest absolute Gasteiger partial charge is 0.416 e. The van der Waals surface area contributed by atoms with Crippen LogP contribution in [0.5, 0.6) is 0 Å². The highest BCUT2D eigenvalue weighted by Gasteiger charge is 2.29. The zero-order valence-electron chi connectivity index (χ0n) is 10.7. The van der Waals surface area contributed by atoms with E-state index >= 15 is 0 Å². The predicted molar refractivity (Wildman–Crippen MR) is 71.7 cm³/mol. The minimum Gasteiger partial charge on any atom is -0.284 e. The van der Waals surface area contributed by atoms with Crippen molar-refractivity contribution in [3.8, 4) is 5.69 Å². The molecule has 1 aromatic carbocycles. The van der Waals surface area contributed by atoms with E-state index in [1.165, 1.54) is 22.8 Å². The number of hydrogen-bond acceptors (Lipinski definition) is 1. The van der Waals surface area contributed by atoms with Gasteiger partial charge in [0.1, 0.15) is 0 Å². The van der Waals surface area contributed by atoms with Gasteiger partial charge in [-0.25, -0.2) is 0 Å². The van der Waals surface area contributed by atoms with Gasteiger partial charge in [-0.05, 0) is 42.8 Å². The van der Waals surface area contributed by atoms with Crippen molar-refractivity contribution in [2.45, 2.75) is 13.1 Å². The summed E-state index contributed by atoms with van der Waals surface area (Å²) in [6.07, 6.45) is 0.831. The number of benzene rings is 1. The normalized spacial score (nSPS) is 12.0. The first-order valence-electron chi connectivity index (χ1n) is 5.95. The SMILES string of the molecule is CC=Cc1ccc(=O)n(-c2ccc(C(F)(F)F)cc2)c1. The maximum Gasteiger partial charge on any atom is 0.416 e. The van der Waals surface area contributed by atoms with Crippen molar-refractivity contribution in [3.05, 3.63) is 70.2 Å². The summed E-state index contributed by atoms with van der Waals surface area (Å²) in [4.78, 5) is 11.8. The molecule has 0 unspecified atom stereocenters. The summed E-state index contributed by atoms with van der Waals surface area (Å²) in [5.41, 5.74) is 0.165. The quantitative estimate of drug-likeness (QED) is 0.817. The molecule has 104 valence electrons. The summed E-state index contributed by atoms with van der Waals surface area (Å²) >= 11 is 0. The number of pyridine rings is 1. The Morgan fingerprint density at radius 1 is 1.05 bits per heavy atom. The second-order valence-corrected chi connectivity index (χ2v) is 4.22. The van der Waals surface area contributed by atoms with Crippen LogP contribution < -0.4 is 5.56 Å². The van der Waals surface area contributed by atoms with Gasteiger partial charge in [-0.1, -0.05) is 12.2 Å². The first-order chi connectivity index (χ1) is 9.41. The monoisotopic (exact) mass is 279 g/mol. The number of alkyl halides is 3. The average Bonchev–Trinajstić information content (AvgIpc) is 2.40. The van der Waals surface area contributed by atoms with E-state index < -0.39 is 11.7 Å². The lowest BCUT2D eigenvalue weighted by molar-refractivity contribution is -0.137. The third-order valence-corrected chi connectivity index (χ3v) is 2.77. The predicted octanol–water partition coefficient (Wildman–Crippen LogP) is 3.89. The van der Waals surface area contributed by atoms with Crippen LogP contribution in [0.3, 0.4) is 0 Å². The zero-order valence-corrected chi connectivity index (χ0v) is 10.7. The van der Waals surface area contributed by atoms with E-state index in [4.69, 9.17) is 0 Å². The number of halogens is 3. The molecule has 0 aliphatic carbocycles. The summed E-state index contributed by atoms with van der Waals surface area (Å²) in [6.45, 7) is 1.84. The molecule has 5 heteroatoms. The van der Waals surface area contributed by atoms with Crippen LogP contribution >= 0.6 is 0 Å². The summed E-state index contributed by atoms with van der Waals surface area (Å²) < 4.78 is 38.8. The fraction of sp³-hybridized carbons (Fsp3) is 0.133. The second kappa shape index (κ2) is 5.36. The van der Waals surface area contributed by atoms with Crippen LogP contribution in [-0.2, 0) is 6.18 Å². The van der Waals surface area contributed by atoms with Crippen molar-refractivity contribution in [2.24, 2.45) is 0 Å². The molecule has 0 atom stereocenters. The lowest BCUT2D eigenvalue weighted by Gasteiger charge is -2.09. The molecule has 0 amide bonds. The van der Waals surface area contributed by atoms with Crippen molar-refractivity contribution >= 4 is 6.08 Å². The van der Waals surface area contributed by atoms with Crippen molar-refractivity contribution in [2.75, 3.05) is 0 Å². The zero-order chi connectivity index (χ0) is 14.8. The van der Waals surface area contributed by atoms with Crippen LogP contribution in [0.15, 0.2) is 53.5 Å². The molecule has 20 heavy (non-hydrogen) atoms. The molecular weight excluding hydrogens is 267 g/mol. The van der Waals surface area contributed by atoms with Crippen molar-refractivity contribution in [3.63, 3.8) is 0 Å². The number of aromatic nitrogens is 1. The van der Waals surface area contributed by atoms with Gasteiger partial charge < -0.3 is 0 Å². The highest BCUT2D eigenvalue weighted by atomic mass is 19.4. The van der Waals surface area contributed by atoms with E-state index in [1.54, 1.807) is 18.3 Å². The maximum atomic E-state index is 12.5. The molecule has 0 spiro atoms. The topological polar surface area (TPSA) is 22.0 Å². The lowest BCUT2D eigenvalue weighted by atomic mass is 10.2. The third kappa shape index (κ3) is 2.99. The van der Waals surface area contributed by atoms with Crippen LogP contribution in [0.2, 0.25) is 0 Å². The molecule has 0 saturated heterocycles. The van der Waals surface area contributed by atoms with Gasteiger partial charge in [0, 0.05) is 18.0 Å². The second-order valence-electron chi connectivity index (χ2n) is 4.22. The molecule has 0 aliphatic heterocycles. The Bertz CT molecular complexity index is 682. The molecule has 0 saturated carbocycles. The molecule has 0 aliphatic rings. The van der Waals surface area contributed by atoms with Crippen molar-refractivity contribution in [1.29, 1.82) is 0 Å². The van der Waals surface area contributed by atoms with Crippen LogP contribution in [0, 0.1) is 0 Å². The standard InChI is InChI=1S/C15H12F3NO/c1-2-3-11-4-9-14(20)19(10-11)13-7-5-12(6-8-13)15(16,17)18/h2-10H,1H3. The molecule has 0 fully saturated rings. The van der Waals surface area contributed by atoms with Crippen LogP contribution in [0.1, 0.15) is 18.1 Å². The summed E-state index contributed by atoms with van der Waals surface area (Å²) in [6, 6.07) is 7.53. The van der Waals surface area contributed by atoms with E-state index in [0.29, 0.717) is 5.69 Å². The summed E-state index contributed by atoms with van der Waals surface area (Å²) in [5, 5.41) is 0. The molecule has 1 aromatic heterocycles. The minimum atomic E-state index is -4.38. The number of hydrogen-bond donors (Lipinski definition) is 0. The fourth-order valence-corrected chi connectivity index (χ4v) is 1.81. The van der Waals surface area contributed by atoms with E-state index in [2.05, 4.69) is 0 Å². The first kappa shape index (κ1) is 14.1. The Hall–Kier alpha value is -2.30. The van der Waals surface area contributed by atoms with Gasteiger partial charge in [0.15, 0.2) is 0 Å². The lowest BCUT2D eigenvalue weighted by Crippen LogP contribution is -2.16. The molecule has 0 radical (unpaired) electrons. The Labute approximate surface area is 113 Å². The van der Waals surface area contributed by atoms with Gasteiger partial charge in [-0.3, -0.25) is 9.36 Å². The van der Waals surface area contributed by atoms with Crippen LogP contribution in [0.25, 0.3) is 11.8 Å². The van der Waals surface area contributed by atoms with Crippen molar-refractivity contribution in [1.82, 2.24) is 4.57 Å². The molecule has 2 aromatic rings. The average molecular weight is 279 g/mol. The smallest absolute Gasteiger partial charge is 0.284 e. The third-order valence-electron chi connectivity index (χ3n) is 2.77. The van der Waals surface area contributed by atoms with Gasteiger partial charge in [-0.2, -0.15) is 13.2 Å². The Morgan fingerprint density at radius 3 is 2.25 bits per heavy atom. The van der Waals surface area contributed by atoms with Gasteiger partial charge >= 0.3 is 6.18 Å². The molecular formula is C15H12F3NO. The van der Waals surface area contributed by atoms with Gasteiger partial charge in [0.25, 0.3) is 5.56 Å². The van der Waals surface area contributed by atoms with Gasteiger partial charge in [0.05, 0.1) is 5.56 Å². The Balaban J connectivity index is 2.46. The first-order valence-corrected chi connectivity index (χ1v) is 5.95. The minimum absolute atomic E-state index is 0.294. The Kier molecular flexibility index (Phi) is 3.79. The number of rotatable bonds is 2. The fourth-order valence-electron chi connectivity index (χ4n) is 1.81. The molecule has 0 bridgehead atoms. The van der Waals surface area contributed by atoms with Gasteiger partial charge in [0.2, 0.25) is 0 Å². The van der Waals surface area contributed by atoms with E-state index in [0.717, 1.165) is 17.7 Å². The maximum absolute atomic E-state index is 12.5. The van der Waals surface area contributed by atoms with E-state index in [1.807, 2.05) is 13.0 Å². The summed E-state index contributed by atoms with van der Waals surface area (Å²) in [7, 11) is 0. The molecule has 2 rings (SSSR count).